The molecule has 3 aromatic rings. The molecule has 1 aromatic carbocycles. The molecular formula is C27H28F2N6O3. The summed E-state index contributed by atoms with van der Waals surface area (Å²) in [6, 6.07) is 6.25. The maximum Gasteiger partial charge on any atom is 0.276 e. The van der Waals surface area contributed by atoms with E-state index >= 15 is 4.39 Å². The zero-order valence-corrected chi connectivity index (χ0v) is 20.7. The standard InChI is InChI=1S/C27H28F2N6O3/c28-18-6-4-17(5-7-18)23-21(29)22(34-38-23)25(37)32-20-8-13-35(14-16-2-3-16)15-19(20)24(36)33-27(9-10-27)26-30-11-1-12-31-26/h1,4-7,11-12,16,19-20H,2-3,8-10,13-15H2,(H,32,37)(H,33,36)/t19-,20-/m1/s1. The highest BCUT2D eigenvalue weighted by atomic mass is 19.1. The number of carbonyl (C=O) groups excluding carboxylic acids is 2. The van der Waals surface area contributed by atoms with Gasteiger partial charge in [-0.2, -0.15) is 4.39 Å². The maximum absolute atomic E-state index is 15.1. The van der Waals surface area contributed by atoms with Crippen molar-refractivity contribution in [1.82, 2.24) is 30.7 Å². The Balaban J connectivity index is 1.19. The van der Waals surface area contributed by atoms with E-state index in [0.29, 0.717) is 24.7 Å². The molecule has 0 unspecified atom stereocenters. The molecule has 3 fully saturated rings. The maximum atomic E-state index is 15.1. The molecule has 1 saturated heterocycles. The molecular weight excluding hydrogens is 494 g/mol. The third kappa shape index (κ3) is 5.02. The molecule has 0 spiro atoms. The highest BCUT2D eigenvalue weighted by molar-refractivity contribution is 5.94. The highest BCUT2D eigenvalue weighted by Crippen LogP contribution is 2.44. The summed E-state index contributed by atoms with van der Waals surface area (Å²) in [6.07, 6.45) is 7.73. The van der Waals surface area contributed by atoms with Crippen LogP contribution in [0, 0.1) is 23.5 Å². The van der Waals surface area contributed by atoms with Crippen LogP contribution in [0.1, 0.15) is 48.4 Å². The SMILES string of the molecule is O=C(N[C@@H]1CCN(CC2CC2)C[C@H]1C(=O)NC1(c2ncccn2)CC1)c1noc(-c2ccc(F)cc2)c1F. The van der Waals surface area contributed by atoms with Crippen LogP contribution in [0.25, 0.3) is 11.3 Å². The fourth-order valence-corrected chi connectivity index (χ4v) is 5.13. The summed E-state index contributed by atoms with van der Waals surface area (Å²) in [5.74, 6) is -1.90. The fraction of sp³-hybridized carbons (Fsp3) is 0.444. The van der Waals surface area contributed by atoms with Crippen molar-refractivity contribution >= 4 is 11.8 Å². The van der Waals surface area contributed by atoms with Gasteiger partial charge in [0.25, 0.3) is 5.91 Å². The molecule has 1 aliphatic heterocycles. The summed E-state index contributed by atoms with van der Waals surface area (Å²) in [5, 5.41) is 9.62. The second kappa shape index (κ2) is 9.86. The fourth-order valence-electron chi connectivity index (χ4n) is 5.13. The zero-order valence-electron chi connectivity index (χ0n) is 20.7. The Labute approximate surface area is 218 Å². The first-order valence-electron chi connectivity index (χ1n) is 13.0. The lowest BCUT2D eigenvalue weighted by atomic mass is 9.90. The monoisotopic (exact) mass is 522 g/mol. The Morgan fingerprint density at radius 2 is 1.82 bits per heavy atom. The molecule has 11 heteroatoms. The first-order valence-corrected chi connectivity index (χ1v) is 13.0. The minimum atomic E-state index is -0.931. The average molecular weight is 523 g/mol. The summed E-state index contributed by atoms with van der Waals surface area (Å²) in [7, 11) is 0. The number of carbonyl (C=O) groups is 2. The van der Waals surface area contributed by atoms with Gasteiger partial charge in [0.15, 0.2) is 5.82 Å². The minimum Gasteiger partial charge on any atom is -0.352 e. The van der Waals surface area contributed by atoms with Gasteiger partial charge in [-0.05, 0) is 68.4 Å². The molecule has 38 heavy (non-hydrogen) atoms. The Kier molecular flexibility index (Phi) is 6.38. The second-order valence-corrected chi connectivity index (χ2v) is 10.5. The molecule has 3 heterocycles. The van der Waals surface area contributed by atoms with Gasteiger partial charge < -0.3 is 20.1 Å². The molecule has 198 valence electrons. The smallest absolute Gasteiger partial charge is 0.276 e. The van der Waals surface area contributed by atoms with E-state index in [1.54, 1.807) is 18.5 Å². The minimum absolute atomic E-state index is 0.187. The molecule has 3 aliphatic rings. The van der Waals surface area contributed by atoms with E-state index in [9.17, 15) is 14.0 Å². The molecule has 2 aliphatic carbocycles. The average Bonchev–Trinajstić information content (AvgIpc) is 3.86. The summed E-state index contributed by atoms with van der Waals surface area (Å²) < 4.78 is 33.4. The van der Waals surface area contributed by atoms with Crippen LogP contribution >= 0.6 is 0 Å². The van der Waals surface area contributed by atoms with E-state index in [2.05, 4.69) is 30.7 Å². The number of likely N-dealkylation sites (tertiary alicyclic amines) is 1. The van der Waals surface area contributed by atoms with Crippen LogP contribution in [0.15, 0.2) is 47.2 Å². The van der Waals surface area contributed by atoms with E-state index in [4.69, 9.17) is 4.52 Å². The van der Waals surface area contributed by atoms with Gasteiger partial charge in [-0.3, -0.25) is 9.59 Å². The van der Waals surface area contributed by atoms with Crippen molar-refractivity contribution in [2.75, 3.05) is 19.6 Å². The van der Waals surface area contributed by atoms with Crippen LogP contribution in [0.2, 0.25) is 0 Å². The van der Waals surface area contributed by atoms with E-state index in [1.807, 2.05) is 0 Å². The first kappa shape index (κ1) is 24.6. The molecule has 2 aromatic heterocycles. The van der Waals surface area contributed by atoms with Gasteiger partial charge in [0.1, 0.15) is 5.82 Å². The summed E-state index contributed by atoms with van der Waals surface area (Å²) in [6.45, 7) is 2.14. The van der Waals surface area contributed by atoms with Gasteiger partial charge in [0.05, 0.1) is 11.5 Å². The van der Waals surface area contributed by atoms with E-state index in [0.717, 1.165) is 25.9 Å². The number of nitrogens with one attached hydrogen (secondary N) is 2. The Morgan fingerprint density at radius 3 is 2.50 bits per heavy atom. The molecule has 0 radical (unpaired) electrons. The molecule has 2 amide bonds. The third-order valence-corrected chi connectivity index (χ3v) is 7.63. The number of hydrogen-bond acceptors (Lipinski definition) is 7. The van der Waals surface area contributed by atoms with Crippen molar-refractivity contribution < 1.29 is 22.9 Å². The number of aromatic nitrogens is 3. The molecule has 6 rings (SSSR count). The highest BCUT2D eigenvalue weighted by Gasteiger charge is 2.50. The number of piperidine rings is 1. The summed E-state index contributed by atoms with van der Waals surface area (Å²) in [5.41, 5.74) is -0.826. The molecule has 0 bridgehead atoms. The largest absolute Gasteiger partial charge is 0.352 e. The van der Waals surface area contributed by atoms with Crippen LogP contribution in [0.3, 0.4) is 0 Å². The van der Waals surface area contributed by atoms with Crippen molar-refractivity contribution in [3.63, 3.8) is 0 Å². The van der Waals surface area contributed by atoms with Crippen LogP contribution in [0.5, 0.6) is 0 Å². The summed E-state index contributed by atoms with van der Waals surface area (Å²) >= 11 is 0. The van der Waals surface area contributed by atoms with Crippen LogP contribution in [-0.4, -0.2) is 57.5 Å². The molecule has 2 N–H and O–H groups in total. The Hall–Kier alpha value is -3.73. The van der Waals surface area contributed by atoms with E-state index in [1.165, 1.54) is 37.1 Å². The van der Waals surface area contributed by atoms with Crippen molar-refractivity contribution in [2.24, 2.45) is 11.8 Å². The normalized spacial score (nSPS) is 22.6. The van der Waals surface area contributed by atoms with Crippen LogP contribution in [0.4, 0.5) is 8.78 Å². The number of nitrogens with zero attached hydrogens (tertiary/aromatic N) is 4. The molecule has 2 saturated carbocycles. The Bertz CT molecular complexity index is 1320. The van der Waals surface area contributed by atoms with Crippen LogP contribution in [-0.2, 0) is 10.3 Å². The number of benzene rings is 1. The number of hydrogen-bond donors (Lipinski definition) is 2. The molecule has 2 atom stereocenters. The van der Waals surface area contributed by atoms with E-state index < -0.39 is 40.7 Å². The van der Waals surface area contributed by atoms with Crippen molar-refractivity contribution in [3.05, 3.63) is 65.9 Å². The van der Waals surface area contributed by atoms with Gasteiger partial charge in [-0.1, -0.05) is 5.16 Å². The van der Waals surface area contributed by atoms with Gasteiger partial charge in [-0.15, -0.1) is 0 Å². The topological polar surface area (TPSA) is 113 Å². The zero-order chi connectivity index (χ0) is 26.3. The number of amides is 2. The van der Waals surface area contributed by atoms with E-state index in [-0.39, 0.29) is 17.2 Å². The van der Waals surface area contributed by atoms with Gasteiger partial charge in [0, 0.05) is 43.6 Å². The Morgan fingerprint density at radius 1 is 1.08 bits per heavy atom. The third-order valence-electron chi connectivity index (χ3n) is 7.63. The van der Waals surface area contributed by atoms with Gasteiger partial charge >= 0.3 is 0 Å². The van der Waals surface area contributed by atoms with Gasteiger partial charge in [-0.25, -0.2) is 14.4 Å². The van der Waals surface area contributed by atoms with Crippen molar-refractivity contribution in [3.8, 4) is 11.3 Å². The predicted molar refractivity (Wildman–Crippen MR) is 131 cm³/mol. The second-order valence-electron chi connectivity index (χ2n) is 10.5. The summed E-state index contributed by atoms with van der Waals surface area (Å²) in [4.78, 5) is 37.6. The lowest BCUT2D eigenvalue weighted by Crippen LogP contribution is -2.57. The predicted octanol–water partition coefficient (Wildman–Crippen LogP) is 3.05. The lowest BCUT2D eigenvalue weighted by Gasteiger charge is -2.38. The van der Waals surface area contributed by atoms with Crippen molar-refractivity contribution in [2.45, 2.75) is 43.7 Å². The number of halogens is 2. The lowest BCUT2D eigenvalue weighted by molar-refractivity contribution is -0.128. The van der Waals surface area contributed by atoms with Crippen molar-refractivity contribution in [1.29, 1.82) is 0 Å². The first-order chi connectivity index (χ1) is 18.4. The molecule has 9 nitrogen and oxygen atoms in total. The number of rotatable bonds is 8. The van der Waals surface area contributed by atoms with Gasteiger partial charge in [0.2, 0.25) is 23.2 Å². The quantitative estimate of drug-likeness (QED) is 0.468. The van der Waals surface area contributed by atoms with Crippen LogP contribution < -0.4 is 10.6 Å².